The minimum absolute atomic E-state index is 0.104. The zero-order valence-corrected chi connectivity index (χ0v) is 11.1. The third kappa shape index (κ3) is 3.22. The number of carbonyl (C=O) groups excluding carboxylic acids is 1. The van der Waals surface area contributed by atoms with Crippen LogP contribution in [-0.4, -0.2) is 23.9 Å². The highest BCUT2D eigenvalue weighted by Gasteiger charge is 2.38. The normalized spacial score (nSPS) is 25.7. The minimum atomic E-state index is 0.104. The van der Waals surface area contributed by atoms with E-state index in [2.05, 4.69) is 41.5 Å². The van der Waals surface area contributed by atoms with Crippen molar-refractivity contribution in [3.05, 3.63) is 0 Å². The van der Waals surface area contributed by atoms with Crippen LogP contribution in [0.25, 0.3) is 0 Å². The summed E-state index contributed by atoms with van der Waals surface area (Å²) >= 11 is 0. The van der Waals surface area contributed by atoms with Crippen LogP contribution >= 0.6 is 0 Å². The van der Waals surface area contributed by atoms with Gasteiger partial charge < -0.3 is 4.90 Å². The van der Waals surface area contributed by atoms with Crippen LogP contribution in [0.2, 0.25) is 0 Å². The van der Waals surface area contributed by atoms with Gasteiger partial charge in [0, 0.05) is 19.5 Å². The molecule has 0 aromatic heterocycles. The topological polar surface area (TPSA) is 20.3 Å². The molecule has 1 amide bonds. The molecule has 2 nitrogen and oxygen atoms in total. The Morgan fingerprint density at radius 2 is 1.93 bits per heavy atom. The largest absolute Gasteiger partial charge is 0.342 e. The molecule has 0 aromatic carbocycles. The number of carbonyl (C=O) groups is 1. The van der Waals surface area contributed by atoms with Crippen molar-refractivity contribution in [3.8, 4) is 0 Å². The highest BCUT2D eigenvalue weighted by atomic mass is 16.2. The van der Waals surface area contributed by atoms with Gasteiger partial charge in [0.25, 0.3) is 0 Å². The van der Waals surface area contributed by atoms with E-state index >= 15 is 0 Å². The lowest BCUT2D eigenvalue weighted by Gasteiger charge is -2.24. The molecule has 1 aliphatic rings. The maximum Gasteiger partial charge on any atom is 0.223 e. The summed E-state index contributed by atoms with van der Waals surface area (Å²) in [4.78, 5) is 14.1. The Hall–Kier alpha value is -0.530. The van der Waals surface area contributed by atoms with Crippen molar-refractivity contribution < 1.29 is 4.79 Å². The van der Waals surface area contributed by atoms with Crippen molar-refractivity contribution >= 4 is 5.91 Å². The fraction of sp³-hybridized carbons (Fsp3) is 0.923. The van der Waals surface area contributed by atoms with Crippen molar-refractivity contribution in [2.24, 2.45) is 16.7 Å². The van der Waals surface area contributed by atoms with Gasteiger partial charge in [-0.05, 0) is 16.7 Å². The highest BCUT2D eigenvalue weighted by molar-refractivity contribution is 5.77. The summed E-state index contributed by atoms with van der Waals surface area (Å²) in [5.74, 6) is 0.932. The van der Waals surface area contributed by atoms with Crippen LogP contribution in [0.1, 0.15) is 48.0 Å². The molecule has 0 unspecified atom stereocenters. The standard InChI is InChI=1S/C13H25NO/c1-10-8-14(9-13(10,5)6)11(15)7-12(2,3)4/h10H,7-9H2,1-6H3/t10-/m1/s1. The predicted octanol–water partition coefficient (Wildman–Crippen LogP) is 2.93. The zero-order chi connectivity index (χ0) is 11.9. The van der Waals surface area contributed by atoms with Crippen LogP contribution in [0.15, 0.2) is 0 Å². The molecule has 1 fully saturated rings. The fourth-order valence-electron chi connectivity index (χ4n) is 2.05. The molecule has 1 aliphatic heterocycles. The molecule has 1 rings (SSSR count). The molecular formula is C13H25NO. The van der Waals surface area contributed by atoms with Gasteiger partial charge in [-0.25, -0.2) is 0 Å². The molecule has 0 aromatic rings. The maximum atomic E-state index is 12.0. The van der Waals surface area contributed by atoms with Crippen molar-refractivity contribution in [1.82, 2.24) is 4.90 Å². The molecular weight excluding hydrogens is 186 g/mol. The third-order valence-corrected chi connectivity index (χ3v) is 3.46. The van der Waals surface area contributed by atoms with Crippen LogP contribution in [0.3, 0.4) is 0 Å². The summed E-state index contributed by atoms with van der Waals surface area (Å²) < 4.78 is 0. The second-order valence-electron chi connectivity index (χ2n) is 6.90. The average Bonchev–Trinajstić information content (AvgIpc) is 2.23. The lowest BCUT2D eigenvalue weighted by atomic mass is 9.84. The number of nitrogens with zero attached hydrogens (tertiary/aromatic N) is 1. The molecule has 2 heteroatoms. The number of hydrogen-bond donors (Lipinski definition) is 0. The van der Waals surface area contributed by atoms with E-state index in [1.807, 2.05) is 4.90 Å². The van der Waals surface area contributed by atoms with Gasteiger partial charge in [-0.2, -0.15) is 0 Å². The summed E-state index contributed by atoms with van der Waals surface area (Å²) in [5, 5.41) is 0. The van der Waals surface area contributed by atoms with E-state index in [1.54, 1.807) is 0 Å². The van der Waals surface area contributed by atoms with Crippen LogP contribution in [0.4, 0.5) is 0 Å². The Balaban J connectivity index is 2.58. The van der Waals surface area contributed by atoms with Crippen LogP contribution in [-0.2, 0) is 4.79 Å². The molecule has 0 radical (unpaired) electrons. The molecule has 1 atom stereocenters. The molecule has 1 heterocycles. The van der Waals surface area contributed by atoms with Crippen molar-refractivity contribution in [2.75, 3.05) is 13.1 Å². The van der Waals surface area contributed by atoms with Gasteiger partial charge >= 0.3 is 0 Å². The molecule has 0 N–H and O–H groups in total. The quantitative estimate of drug-likeness (QED) is 0.653. The average molecular weight is 211 g/mol. The van der Waals surface area contributed by atoms with Gasteiger partial charge in [0.1, 0.15) is 0 Å². The minimum Gasteiger partial charge on any atom is -0.342 e. The predicted molar refractivity (Wildman–Crippen MR) is 63.6 cm³/mol. The molecule has 1 saturated heterocycles. The molecule has 0 bridgehead atoms. The summed E-state index contributed by atoms with van der Waals surface area (Å²) in [6, 6.07) is 0. The smallest absolute Gasteiger partial charge is 0.223 e. The number of likely N-dealkylation sites (tertiary alicyclic amines) is 1. The highest BCUT2D eigenvalue weighted by Crippen LogP contribution is 2.35. The van der Waals surface area contributed by atoms with Gasteiger partial charge in [0.05, 0.1) is 0 Å². The zero-order valence-electron chi connectivity index (χ0n) is 11.1. The van der Waals surface area contributed by atoms with Gasteiger partial charge in [-0.1, -0.05) is 41.5 Å². The molecule has 88 valence electrons. The summed E-state index contributed by atoms with van der Waals surface area (Å²) in [5.41, 5.74) is 0.389. The number of amides is 1. The first kappa shape index (κ1) is 12.5. The first-order valence-electron chi connectivity index (χ1n) is 5.90. The second kappa shape index (κ2) is 3.80. The van der Waals surface area contributed by atoms with Crippen LogP contribution in [0, 0.1) is 16.7 Å². The Labute approximate surface area is 94.0 Å². The van der Waals surface area contributed by atoms with Gasteiger partial charge in [0.15, 0.2) is 0 Å². The Bertz CT molecular complexity index is 250. The van der Waals surface area contributed by atoms with Crippen molar-refractivity contribution in [1.29, 1.82) is 0 Å². The second-order valence-corrected chi connectivity index (χ2v) is 6.90. The van der Waals surface area contributed by atoms with E-state index < -0.39 is 0 Å². The Morgan fingerprint density at radius 1 is 1.40 bits per heavy atom. The van der Waals surface area contributed by atoms with E-state index in [0.717, 1.165) is 13.1 Å². The number of rotatable bonds is 1. The first-order valence-corrected chi connectivity index (χ1v) is 5.90. The van der Waals surface area contributed by atoms with E-state index in [9.17, 15) is 4.79 Å². The maximum absolute atomic E-state index is 12.0. The fourth-order valence-corrected chi connectivity index (χ4v) is 2.05. The Morgan fingerprint density at radius 3 is 2.27 bits per heavy atom. The van der Waals surface area contributed by atoms with Crippen LogP contribution in [0.5, 0.6) is 0 Å². The van der Waals surface area contributed by atoms with Crippen LogP contribution < -0.4 is 0 Å². The van der Waals surface area contributed by atoms with E-state index in [0.29, 0.717) is 18.2 Å². The Kier molecular flexibility index (Phi) is 3.18. The molecule has 0 aliphatic carbocycles. The van der Waals surface area contributed by atoms with Crippen molar-refractivity contribution in [3.63, 3.8) is 0 Å². The summed E-state index contributed by atoms with van der Waals surface area (Å²) in [6.07, 6.45) is 0.662. The summed E-state index contributed by atoms with van der Waals surface area (Å²) in [6.45, 7) is 15.0. The SMILES string of the molecule is C[C@@H]1CN(C(=O)CC(C)(C)C)CC1(C)C. The van der Waals surface area contributed by atoms with Gasteiger partial charge in [0.2, 0.25) is 5.91 Å². The van der Waals surface area contributed by atoms with Gasteiger partial charge in [-0.15, -0.1) is 0 Å². The monoisotopic (exact) mass is 211 g/mol. The van der Waals surface area contributed by atoms with E-state index in [4.69, 9.17) is 0 Å². The van der Waals surface area contributed by atoms with E-state index in [1.165, 1.54) is 0 Å². The number of hydrogen-bond acceptors (Lipinski definition) is 1. The van der Waals surface area contributed by atoms with Crippen molar-refractivity contribution in [2.45, 2.75) is 48.0 Å². The lowest BCUT2D eigenvalue weighted by molar-refractivity contribution is -0.132. The lowest BCUT2D eigenvalue weighted by Crippen LogP contribution is -2.32. The summed E-state index contributed by atoms with van der Waals surface area (Å²) in [7, 11) is 0. The van der Waals surface area contributed by atoms with Gasteiger partial charge in [-0.3, -0.25) is 4.79 Å². The first-order chi connectivity index (χ1) is 6.62. The van der Waals surface area contributed by atoms with E-state index in [-0.39, 0.29) is 10.8 Å². The third-order valence-electron chi connectivity index (χ3n) is 3.46. The molecule has 15 heavy (non-hydrogen) atoms. The molecule has 0 spiro atoms. The molecule has 0 saturated carbocycles.